The molecule has 1 saturated heterocycles. The minimum absolute atomic E-state index is 0.00727. The number of nitrogens with zero attached hydrogens (tertiary/aromatic N) is 2. The van der Waals surface area contributed by atoms with E-state index < -0.39 is 20.2 Å². The molecule has 1 heterocycles. The summed E-state index contributed by atoms with van der Waals surface area (Å²) in [5.41, 5.74) is 2.09. The van der Waals surface area contributed by atoms with Crippen LogP contribution in [0.1, 0.15) is 148 Å². The molecule has 2 aromatic rings. The summed E-state index contributed by atoms with van der Waals surface area (Å²) in [5, 5.41) is 4.27. The Morgan fingerprint density at radius 2 is 1.43 bits per heavy atom. The fourth-order valence-electron chi connectivity index (χ4n) is 7.44. The maximum atomic E-state index is 14.0. The number of rotatable bonds is 36. The van der Waals surface area contributed by atoms with Gasteiger partial charge in [0.25, 0.3) is 7.82 Å². The predicted octanol–water partition coefficient (Wildman–Crippen LogP) is 12.1. The van der Waals surface area contributed by atoms with Gasteiger partial charge in [0.2, 0.25) is 5.91 Å². The monoisotopic (exact) mass is 942 g/mol. The standard InChI is InChI=1S/C48H80Cl2N3O9P/c1-4-6-7-8-9-10-11-12-13-14-15-16-17-20-25-34-57-39-58-37-42(38-62-63(55,56)61-35-33-52(3)5-2)59-40-60-47-31-21-18-19-24-32-53(47)46(54)36-41-27-22-23-30-45(41)51-48-43(49)28-26-29-44(48)50/h22-23,26-30,42,47,51H,4-21,24-25,31-40H2,1-3H3,(H,55,56)/p-1. The molecule has 0 spiro atoms. The molecule has 63 heavy (non-hydrogen) atoms. The smallest absolute Gasteiger partial charge is 0.268 e. The van der Waals surface area contributed by atoms with E-state index >= 15 is 0 Å². The van der Waals surface area contributed by atoms with Crippen molar-refractivity contribution in [1.29, 1.82) is 0 Å². The van der Waals surface area contributed by atoms with E-state index in [-0.39, 0.29) is 45.7 Å². The quantitative estimate of drug-likeness (QED) is 0.0398. The molecule has 12 nitrogen and oxygen atoms in total. The van der Waals surface area contributed by atoms with Crippen LogP contribution in [0.3, 0.4) is 0 Å². The number of halogens is 2. The molecule has 0 aliphatic carbocycles. The predicted molar refractivity (Wildman–Crippen MR) is 254 cm³/mol. The van der Waals surface area contributed by atoms with Gasteiger partial charge in [-0.05, 0) is 63.0 Å². The maximum absolute atomic E-state index is 14.0. The molecule has 1 fully saturated rings. The third-order valence-electron chi connectivity index (χ3n) is 11.5. The molecule has 1 N–H and O–H groups in total. The Labute approximate surface area is 389 Å². The highest BCUT2D eigenvalue weighted by molar-refractivity contribution is 7.45. The summed E-state index contributed by atoms with van der Waals surface area (Å²) in [4.78, 5) is 30.4. The highest BCUT2D eigenvalue weighted by Crippen LogP contribution is 2.38. The molecular weight excluding hydrogens is 864 g/mol. The van der Waals surface area contributed by atoms with E-state index in [1.54, 1.807) is 23.1 Å². The summed E-state index contributed by atoms with van der Waals surface area (Å²) in [6, 6.07) is 12.9. The second-order valence-corrected chi connectivity index (χ2v) is 18.9. The summed E-state index contributed by atoms with van der Waals surface area (Å²) in [5.74, 6) is -0.0889. The number of benzene rings is 2. The molecule has 1 aliphatic heterocycles. The van der Waals surface area contributed by atoms with Gasteiger partial charge in [0.05, 0.1) is 42.0 Å². The van der Waals surface area contributed by atoms with E-state index in [2.05, 4.69) is 12.2 Å². The number of nitrogens with one attached hydrogen (secondary N) is 1. The Kier molecular flexibility index (Phi) is 30.4. The molecule has 3 atom stereocenters. The molecule has 360 valence electrons. The second kappa shape index (κ2) is 34.5. The van der Waals surface area contributed by atoms with Crippen LogP contribution in [0.4, 0.5) is 11.4 Å². The number of phosphoric acid groups is 1. The van der Waals surface area contributed by atoms with Gasteiger partial charge < -0.3 is 48.0 Å². The molecule has 0 aromatic heterocycles. The molecule has 15 heteroatoms. The number of carbonyl (C=O) groups excluding carboxylic acids is 1. The number of hydrogen-bond acceptors (Lipinski definition) is 11. The first-order chi connectivity index (χ1) is 30.6. The molecule has 0 bridgehead atoms. The van der Waals surface area contributed by atoms with Gasteiger partial charge in [-0.15, -0.1) is 0 Å². The number of amides is 1. The number of phosphoric ester groups is 1. The first-order valence-electron chi connectivity index (χ1n) is 23.9. The van der Waals surface area contributed by atoms with Crippen LogP contribution in [0.2, 0.25) is 10.0 Å². The van der Waals surface area contributed by atoms with Crippen LogP contribution in [-0.2, 0) is 43.8 Å². The first kappa shape index (κ1) is 55.5. The Morgan fingerprint density at radius 1 is 0.794 bits per heavy atom. The number of ether oxygens (including phenoxy) is 4. The summed E-state index contributed by atoms with van der Waals surface area (Å²) in [6.07, 6.45) is 22.7. The van der Waals surface area contributed by atoms with Gasteiger partial charge in [0.15, 0.2) is 0 Å². The normalized spacial score (nSPS) is 16.2. The lowest BCUT2D eigenvalue weighted by Gasteiger charge is -2.34. The zero-order chi connectivity index (χ0) is 45.4. The van der Waals surface area contributed by atoms with Crippen LogP contribution in [0.5, 0.6) is 0 Å². The number of carbonyl (C=O) groups is 1. The number of anilines is 2. The largest absolute Gasteiger partial charge is 0.756 e. The van der Waals surface area contributed by atoms with E-state index in [0.717, 1.165) is 56.3 Å². The number of likely N-dealkylation sites (N-methyl/N-ethyl adjacent to an activating group) is 1. The minimum atomic E-state index is -4.61. The van der Waals surface area contributed by atoms with Gasteiger partial charge in [-0.2, -0.15) is 0 Å². The number of para-hydroxylation sites is 2. The van der Waals surface area contributed by atoms with Crippen molar-refractivity contribution in [3.05, 3.63) is 58.1 Å². The first-order valence-corrected chi connectivity index (χ1v) is 26.1. The van der Waals surface area contributed by atoms with Crippen molar-refractivity contribution in [2.45, 2.75) is 161 Å². The SMILES string of the molecule is CCCCCCCCCCCCCCCCCOCOCC(COP(=O)([O-])OCCN(C)CC)OCOC1CCCCCCN1C(=O)Cc1ccccc1Nc1c(Cl)cccc1Cl. The van der Waals surface area contributed by atoms with Gasteiger partial charge in [0, 0.05) is 25.4 Å². The van der Waals surface area contributed by atoms with Crippen molar-refractivity contribution >= 4 is 48.3 Å². The molecule has 3 unspecified atom stereocenters. The lowest BCUT2D eigenvalue weighted by molar-refractivity contribution is -0.232. The van der Waals surface area contributed by atoms with Crippen molar-refractivity contribution in [2.24, 2.45) is 0 Å². The zero-order valence-corrected chi connectivity index (χ0v) is 41.1. The van der Waals surface area contributed by atoms with Crippen LogP contribution in [0, 0.1) is 0 Å². The van der Waals surface area contributed by atoms with E-state index in [9.17, 15) is 14.3 Å². The number of hydrogen-bond donors (Lipinski definition) is 1. The fraction of sp³-hybridized carbons (Fsp3) is 0.729. The molecule has 1 aliphatic rings. The molecule has 3 rings (SSSR count). The van der Waals surface area contributed by atoms with Gasteiger partial charge in [-0.1, -0.05) is 164 Å². The summed E-state index contributed by atoms with van der Waals surface area (Å²) >= 11 is 12.9. The van der Waals surface area contributed by atoms with Crippen molar-refractivity contribution in [1.82, 2.24) is 9.80 Å². The van der Waals surface area contributed by atoms with Crippen molar-refractivity contribution in [3.63, 3.8) is 0 Å². The third-order valence-corrected chi connectivity index (χ3v) is 13.1. The van der Waals surface area contributed by atoms with Crippen LogP contribution >= 0.6 is 31.0 Å². The van der Waals surface area contributed by atoms with Crippen LogP contribution < -0.4 is 10.2 Å². The van der Waals surface area contributed by atoms with Crippen molar-refractivity contribution in [3.8, 4) is 0 Å². The van der Waals surface area contributed by atoms with E-state index in [1.807, 2.05) is 43.1 Å². The molecule has 1 amide bonds. The molecule has 0 radical (unpaired) electrons. The fourth-order valence-corrected chi connectivity index (χ4v) is 8.66. The lowest BCUT2D eigenvalue weighted by atomic mass is 10.0. The van der Waals surface area contributed by atoms with Crippen molar-refractivity contribution < 1.29 is 42.2 Å². The topological polar surface area (TPSA) is 131 Å². The van der Waals surface area contributed by atoms with Crippen LogP contribution in [0.15, 0.2) is 42.5 Å². The second-order valence-electron chi connectivity index (χ2n) is 16.7. The lowest BCUT2D eigenvalue weighted by Crippen LogP contribution is -2.44. The highest BCUT2D eigenvalue weighted by Gasteiger charge is 2.27. The van der Waals surface area contributed by atoms with Crippen LogP contribution in [-0.4, -0.2) is 94.7 Å². The van der Waals surface area contributed by atoms with Gasteiger partial charge in [-0.25, -0.2) is 0 Å². The average Bonchev–Trinajstić information content (AvgIpc) is 3.25. The van der Waals surface area contributed by atoms with Gasteiger partial charge in [-0.3, -0.25) is 9.36 Å². The zero-order valence-electron chi connectivity index (χ0n) is 38.7. The number of likely N-dealkylation sites (tertiary alicyclic amines) is 1. The number of unbranched alkanes of at least 4 members (excludes halogenated alkanes) is 14. The summed E-state index contributed by atoms with van der Waals surface area (Å²) in [7, 11) is -2.73. The Balaban J connectivity index is 1.46. The Hall–Kier alpha value is -1.80. The van der Waals surface area contributed by atoms with Crippen molar-refractivity contribution in [2.75, 3.05) is 72.0 Å². The van der Waals surface area contributed by atoms with E-state index in [0.29, 0.717) is 41.8 Å². The Bertz CT molecular complexity index is 1530. The van der Waals surface area contributed by atoms with Crippen LogP contribution in [0.25, 0.3) is 0 Å². The average molecular weight is 944 g/mol. The van der Waals surface area contributed by atoms with Gasteiger partial charge in [0.1, 0.15) is 25.9 Å². The van der Waals surface area contributed by atoms with E-state index in [4.69, 9.17) is 51.2 Å². The van der Waals surface area contributed by atoms with E-state index in [1.165, 1.54) is 83.5 Å². The molecule has 0 saturated carbocycles. The summed E-state index contributed by atoms with van der Waals surface area (Å²) in [6.45, 7) is 6.04. The molecular formula is C48H79Cl2N3O9P-. The summed E-state index contributed by atoms with van der Waals surface area (Å²) < 4.78 is 46.8. The minimum Gasteiger partial charge on any atom is -0.756 e. The van der Waals surface area contributed by atoms with Gasteiger partial charge >= 0.3 is 0 Å². The Morgan fingerprint density at radius 3 is 2.10 bits per heavy atom. The molecule has 2 aromatic carbocycles. The highest BCUT2D eigenvalue weighted by atomic mass is 35.5. The maximum Gasteiger partial charge on any atom is 0.268 e. The third kappa shape index (κ3) is 25.1.